The average Bonchev–Trinajstić information content (AvgIpc) is 2.41. The van der Waals surface area contributed by atoms with Crippen LogP contribution in [0, 0.1) is 13.8 Å². The van der Waals surface area contributed by atoms with Gasteiger partial charge in [-0.1, -0.05) is 13.8 Å². The van der Waals surface area contributed by atoms with Gasteiger partial charge in [-0.25, -0.2) is 15.8 Å². The van der Waals surface area contributed by atoms with E-state index in [1.54, 1.807) is 0 Å². The summed E-state index contributed by atoms with van der Waals surface area (Å²) in [4.78, 5) is 11.1. The van der Waals surface area contributed by atoms with Crippen LogP contribution in [-0.2, 0) is 0 Å². The smallest absolute Gasteiger partial charge is 0.148 e. The third kappa shape index (κ3) is 4.65. The van der Waals surface area contributed by atoms with Crippen molar-refractivity contribution in [2.75, 3.05) is 36.9 Å². The van der Waals surface area contributed by atoms with Crippen LogP contribution in [0.25, 0.3) is 0 Å². The van der Waals surface area contributed by atoms with E-state index in [4.69, 9.17) is 5.84 Å². The fourth-order valence-electron chi connectivity index (χ4n) is 2.02. The Hall–Kier alpha value is -1.40. The van der Waals surface area contributed by atoms with Gasteiger partial charge in [-0.15, -0.1) is 0 Å². The van der Waals surface area contributed by atoms with E-state index in [0.717, 1.165) is 37.6 Å². The lowest BCUT2D eigenvalue weighted by molar-refractivity contribution is 0.300. The molecular formula is C13H26N6. The number of nitrogen functional groups attached to an aromatic ring is 1. The van der Waals surface area contributed by atoms with Gasteiger partial charge in [0.15, 0.2) is 0 Å². The summed E-state index contributed by atoms with van der Waals surface area (Å²) in [6.07, 6.45) is 1.18. The maximum Gasteiger partial charge on any atom is 0.148 e. The summed E-state index contributed by atoms with van der Waals surface area (Å²) >= 11 is 0. The summed E-state index contributed by atoms with van der Waals surface area (Å²) in [7, 11) is 0. The normalized spacial score (nSPS) is 10.8. The summed E-state index contributed by atoms with van der Waals surface area (Å²) < 4.78 is 0. The van der Waals surface area contributed by atoms with E-state index in [1.807, 2.05) is 13.8 Å². The van der Waals surface area contributed by atoms with E-state index >= 15 is 0 Å². The van der Waals surface area contributed by atoms with Crippen LogP contribution >= 0.6 is 0 Å². The number of anilines is 2. The fourth-order valence-corrected chi connectivity index (χ4v) is 2.02. The molecule has 1 heterocycles. The third-order valence-corrected chi connectivity index (χ3v) is 3.10. The molecule has 0 spiro atoms. The number of hydrogen-bond acceptors (Lipinski definition) is 6. The minimum Gasteiger partial charge on any atom is -0.368 e. The van der Waals surface area contributed by atoms with Crippen LogP contribution in [0.5, 0.6) is 0 Å². The maximum atomic E-state index is 5.45. The molecule has 0 aliphatic rings. The first kappa shape index (κ1) is 15.7. The van der Waals surface area contributed by atoms with Crippen LogP contribution in [0.4, 0.5) is 11.6 Å². The number of nitrogens with one attached hydrogen (secondary N) is 2. The predicted octanol–water partition coefficient (Wildman–Crippen LogP) is 1.52. The van der Waals surface area contributed by atoms with Gasteiger partial charge in [-0.3, -0.25) is 0 Å². The van der Waals surface area contributed by atoms with Crippen molar-refractivity contribution >= 4 is 11.6 Å². The predicted molar refractivity (Wildman–Crippen MR) is 80.2 cm³/mol. The molecule has 6 nitrogen and oxygen atoms in total. The second-order valence-electron chi connectivity index (χ2n) is 4.60. The largest absolute Gasteiger partial charge is 0.368 e. The average molecular weight is 266 g/mol. The highest BCUT2D eigenvalue weighted by molar-refractivity contribution is 5.56. The van der Waals surface area contributed by atoms with Crippen molar-refractivity contribution < 1.29 is 0 Å². The van der Waals surface area contributed by atoms with E-state index in [-0.39, 0.29) is 0 Å². The molecule has 6 heteroatoms. The van der Waals surface area contributed by atoms with Gasteiger partial charge in [0, 0.05) is 18.7 Å². The molecule has 1 aromatic heterocycles. The summed E-state index contributed by atoms with van der Waals surface area (Å²) in [5.41, 5.74) is 3.56. The van der Waals surface area contributed by atoms with Crippen molar-refractivity contribution in [2.45, 2.75) is 34.1 Å². The molecule has 4 N–H and O–H groups in total. The lowest BCUT2D eigenvalue weighted by Crippen LogP contribution is -2.30. The quantitative estimate of drug-likeness (QED) is 0.489. The van der Waals surface area contributed by atoms with Crippen molar-refractivity contribution in [3.8, 4) is 0 Å². The highest BCUT2D eigenvalue weighted by Gasteiger charge is 2.08. The second kappa shape index (κ2) is 7.91. The van der Waals surface area contributed by atoms with Crippen LogP contribution in [0.3, 0.4) is 0 Å². The monoisotopic (exact) mass is 266 g/mol. The molecule has 0 radical (unpaired) electrons. The molecule has 0 saturated heterocycles. The van der Waals surface area contributed by atoms with Gasteiger partial charge in [0.05, 0.1) is 0 Å². The fraction of sp³-hybridized carbons (Fsp3) is 0.692. The lowest BCUT2D eigenvalue weighted by atomic mass is 10.3. The molecule has 0 amide bonds. The number of hydrogen-bond donors (Lipinski definition) is 3. The Labute approximate surface area is 115 Å². The van der Waals surface area contributed by atoms with Crippen molar-refractivity contribution in [3.63, 3.8) is 0 Å². The molecular weight excluding hydrogens is 240 g/mol. The standard InChI is InChI=1S/C13H26N6/c1-5-8-19(6-2)9-7-15-12-10(3)13(18-14)17-11(4)16-12/h5-9,14H2,1-4H3,(H2,15,16,17,18). The minimum absolute atomic E-state index is 0.677. The Morgan fingerprint density at radius 2 is 1.79 bits per heavy atom. The molecule has 0 bridgehead atoms. The summed E-state index contributed by atoms with van der Waals surface area (Å²) in [5.74, 6) is 7.69. The zero-order valence-electron chi connectivity index (χ0n) is 12.5. The zero-order chi connectivity index (χ0) is 14.3. The summed E-state index contributed by atoms with van der Waals surface area (Å²) in [6, 6.07) is 0. The van der Waals surface area contributed by atoms with Crippen molar-refractivity contribution in [2.24, 2.45) is 5.84 Å². The summed E-state index contributed by atoms with van der Waals surface area (Å²) in [5, 5.41) is 3.36. The van der Waals surface area contributed by atoms with E-state index in [2.05, 4.69) is 39.5 Å². The molecule has 0 fully saturated rings. The first-order chi connectivity index (χ1) is 9.12. The topological polar surface area (TPSA) is 79.1 Å². The highest BCUT2D eigenvalue weighted by Crippen LogP contribution is 2.18. The Morgan fingerprint density at radius 1 is 1.11 bits per heavy atom. The van der Waals surface area contributed by atoms with Crippen molar-refractivity contribution in [3.05, 3.63) is 11.4 Å². The molecule has 0 saturated carbocycles. The van der Waals surface area contributed by atoms with E-state index in [1.165, 1.54) is 6.42 Å². The minimum atomic E-state index is 0.677. The SMILES string of the molecule is CCCN(CC)CCNc1nc(C)nc(NN)c1C. The van der Waals surface area contributed by atoms with Gasteiger partial charge in [0.1, 0.15) is 17.5 Å². The number of aryl methyl sites for hydroxylation is 1. The maximum absolute atomic E-state index is 5.45. The molecule has 1 aromatic rings. The van der Waals surface area contributed by atoms with Crippen molar-refractivity contribution in [1.82, 2.24) is 14.9 Å². The molecule has 0 aliphatic heterocycles. The Balaban J connectivity index is 2.60. The molecule has 19 heavy (non-hydrogen) atoms. The summed E-state index contributed by atoms with van der Waals surface area (Å²) in [6.45, 7) is 12.3. The van der Waals surface area contributed by atoms with Gasteiger partial charge in [-0.05, 0) is 33.4 Å². The molecule has 0 atom stereocenters. The van der Waals surface area contributed by atoms with E-state index < -0.39 is 0 Å². The van der Waals surface area contributed by atoms with E-state index in [0.29, 0.717) is 11.6 Å². The second-order valence-corrected chi connectivity index (χ2v) is 4.60. The van der Waals surface area contributed by atoms with Crippen molar-refractivity contribution in [1.29, 1.82) is 0 Å². The first-order valence-corrected chi connectivity index (χ1v) is 6.90. The van der Waals surface area contributed by atoms with Crippen LogP contribution in [0.1, 0.15) is 31.7 Å². The Kier molecular flexibility index (Phi) is 6.52. The van der Waals surface area contributed by atoms with Gasteiger partial charge < -0.3 is 15.6 Å². The Morgan fingerprint density at radius 3 is 2.37 bits per heavy atom. The Bertz CT molecular complexity index is 393. The van der Waals surface area contributed by atoms with E-state index in [9.17, 15) is 0 Å². The molecule has 0 aromatic carbocycles. The van der Waals surface area contributed by atoms with Gasteiger partial charge in [0.2, 0.25) is 0 Å². The first-order valence-electron chi connectivity index (χ1n) is 6.90. The van der Waals surface area contributed by atoms with Crippen LogP contribution in [0.2, 0.25) is 0 Å². The number of likely N-dealkylation sites (N-methyl/N-ethyl adjacent to an activating group) is 1. The van der Waals surface area contributed by atoms with Crippen LogP contribution in [0.15, 0.2) is 0 Å². The van der Waals surface area contributed by atoms with Gasteiger partial charge >= 0.3 is 0 Å². The highest BCUT2D eigenvalue weighted by atomic mass is 15.3. The van der Waals surface area contributed by atoms with Crippen LogP contribution < -0.4 is 16.6 Å². The molecule has 108 valence electrons. The number of nitrogens with two attached hydrogens (primary N) is 1. The molecule has 1 rings (SSSR count). The zero-order valence-corrected chi connectivity index (χ0v) is 12.5. The lowest BCUT2D eigenvalue weighted by Gasteiger charge is -2.20. The molecule has 0 unspecified atom stereocenters. The third-order valence-electron chi connectivity index (χ3n) is 3.10. The number of hydrazine groups is 1. The number of nitrogens with zero attached hydrogens (tertiary/aromatic N) is 3. The van der Waals surface area contributed by atoms with Crippen LogP contribution in [-0.4, -0.2) is 41.0 Å². The molecule has 0 aliphatic carbocycles. The number of rotatable bonds is 8. The van der Waals surface area contributed by atoms with Gasteiger partial charge in [-0.2, -0.15) is 0 Å². The number of aromatic nitrogens is 2. The van der Waals surface area contributed by atoms with Gasteiger partial charge in [0.25, 0.3) is 0 Å².